The van der Waals surface area contributed by atoms with Crippen molar-refractivity contribution in [1.29, 1.82) is 0 Å². The number of aliphatic hydroxyl groups is 1. The molecule has 0 bridgehead atoms. The minimum atomic E-state index is -0.399. The van der Waals surface area contributed by atoms with Crippen LogP contribution in [0.4, 0.5) is 0 Å². The molecule has 1 aliphatic rings. The zero-order valence-corrected chi connectivity index (χ0v) is 12.7. The second-order valence-electron chi connectivity index (χ2n) is 5.30. The maximum absolute atomic E-state index is 12.0. The van der Waals surface area contributed by atoms with E-state index in [1.165, 1.54) is 0 Å². The first-order valence-corrected chi connectivity index (χ1v) is 7.54. The summed E-state index contributed by atoms with van der Waals surface area (Å²) in [6, 6.07) is 7.14. The Bertz CT molecular complexity index is 656. The third-order valence-corrected chi connectivity index (χ3v) is 3.89. The Balaban J connectivity index is 1.58. The Kier molecular flexibility index (Phi) is 4.40. The van der Waals surface area contributed by atoms with Crippen LogP contribution in [0.1, 0.15) is 18.7 Å². The number of halogens is 1. The van der Waals surface area contributed by atoms with Crippen LogP contribution in [0.15, 0.2) is 28.8 Å². The lowest BCUT2D eigenvalue weighted by atomic mass is 10.2. The van der Waals surface area contributed by atoms with Crippen molar-refractivity contribution < 1.29 is 14.4 Å². The molecule has 7 heteroatoms. The zero-order chi connectivity index (χ0) is 15.5. The lowest BCUT2D eigenvalue weighted by molar-refractivity contribution is -0.130. The molecular weight excluding hydrogens is 306 g/mol. The number of carbonyl (C=O) groups excluding carboxylic acids is 1. The largest absolute Gasteiger partial charge is 0.391 e. The van der Waals surface area contributed by atoms with E-state index in [0.717, 1.165) is 5.56 Å². The second kappa shape index (κ2) is 6.46. The van der Waals surface area contributed by atoms with Crippen LogP contribution in [0.25, 0.3) is 11.4 Å². The number of β-amino-alcohol motifs (C(OH)–C–C–N with tert-alkyl or cyclic N) is 1. The van der Waals surface area contributed by atoms with Gasteiger partial charge in [0.05, 0.1) is 6.10 Å². The summed E-state index contributed by atoms with van der Waals surface area (Å²) >= 11 is 5.84. The summed E-state index contributed by atoms with van der Waals surface area (Å²) in [5, 5.41) is 14.0. The molecule has 1 aliphatic heterocycles. The Morgan fingerprint density at radius 3 is 2.86 bits per heavy atom. The van der Waals surface area contributed by atoms with Gasteiger partial charge in [-0.2, -0.15) is 4.98 Å². The molecule has 1 atom stereocenters. The van der Waals surface area contributed by atoms with E-state index in [0.29, 0.717) is 49.1 Å². The van der Waals surface area contributed by atoms with Crippen LogP contribution in [-0.2, 0) is 11.2 Å². The molecule has 1 amide bonds. The molecule has 116 valence electrons. The molecule has 2 heterocycles. The molecule has 0 spiro atoms. The maximum atomic E-state index is 12.0. The Morgan fingerprint density at radius 1 is 1.41 bits per heavy atom. The molecule has 0 saturated carbocycles. The molecule has 1 N–H and O–H groups in total. The van der Waals surface area contributed by atoms with E-state index < -0.39 is 6.10 Å². The van der Waals surface area contributed by atoms with Gasteiger partial charge in [-0.3, -0.25) is 4.79 Å². The first-order chi connectivity index (χ1) is 10.6. The molecular formula is C15H16ClN3O3. The monoisotopic (exact) mass is 321 g/mol. The normalized spacial score (nSPS) is 17.9. The molecule has 1 aromatic carbocycles. The number of hydrogen-bond donors (Lipinski definition) is 1. The van der Waals surface area contributed by atoms with Gasteiger partial charge in [-0.1, -0.05) is 16.8 Å². The van der Waals surface area contributed by atoms with Gasteiger partial charge >= 0.3 is 0 Å². The van der Waals surface area contributed by atoms with E-state index in [9.17, 15) is 9.90 Å². The molecule has 1 saturated heterocycles. The molecule has 6 nitrogen and oxygen atoms in total. The molecule has 1 fully saturated rings. The van der Waals surface area contributed by atoms with Gasteiger partial charge in [-0.25, -0.2) is 0 Å². The van der Waals surface area contributed by atoms with Crippen LogP contribution >= 0.6 is 11.6 Å². The molecule has 1 aromatic heterocycles. The molecule has 0 aliphatic carbocycles. The van der Waals surface area contributed by atoms with Crippen LogP contribution in [0.2, 0.25) is 5.02 Å². The minimum Gasteiger partial charge on any atom is -0.391 e. The van der Waals surface area contributed by atoms with Crippen LogP contribution in [-0.4, -0.2) is 45.2 Å². The number of aliphatic hydroxyl groups excluding tert-OH is 1. The van der Waals surface area contributed by atoms with Crippen LogP contribution in [0.5, 0.6) is 0 Å². The highest BCUT2D eigenvalue weighted by Crippen LogP contribution is 2.19. The number of amides is 1. The predicted molar refractivity (Wildman–Crippen MR) is 80.3 cm³/mol. The van der Waals surface area contributed by atoms with Crippen molar-refractivity contribution in [3.8, 4) is 11.4 Å². The molecule has 0 radical (unpaired) electrons. The summed E-state index contributed by atoms with van der Waals surface area (Å²) in [4.78, 5) is 17.9. The lowest BCUT2D eigenvalue weighted by Gasteiger charge is -2.14. The van der Waals surface area contributed by atoms with Gasteiger partial charge in [0.15, 0.2) is 0 Å². The standard InChI is InChI=1S/C15H16ClN3O3/c16-11-3-1-10(2-4-11)15-17-13(22-18-15)5-6-14(21)19-8-7-12(20)9-19/h1-4,12,20H,5-9H2/t12-/m1/s1. The summed E-state index contributed by atoms with van der Waals surface area (Å²) in [6.45, 7) is 1.03. The third-order valence-electron chi connectivity index (χ3n) is 3.64. The first-order valence-electron chi connectivity index (χ1n) is 7.16. The summed E-state index contributed by atoms with van der Waals surface area (Å²) in [5.41, 5.74) is 0.813. The highest BCUT2D eigenvalue weighted by atomic mass is 35.5. The van der Waals surface area contributed by atoms with E-state index in [1.54, 1.807) is 17.0 Å². The summed E-state index contributed by atoms with van der Waals surface area (Å²) in [5.74, 6) is 0.913. The summed E-state index contributed by atoms with van der Waals surface area (Å²) < 4.78 is 5.17. The van der Waals surface area contributed by atoms with Gasteiger partial charge in [-0.15, -0.1) is 0 Å². The van der Waals surface area contributed by atoms with Gasteiger partial charge in [0.2, 0.25) is 17.6 Å². The topological polar surface area (TPSA) is 79.5 Å². The smallest absolute Gasteiger partial charge is 0.227 e. The average molecular weight is 322 g/mol. The van der Waals surface area contributed by atoms with Gasteiger partial charge in [0, 0.05) is 36.5 Å². The molecule has 0 unspecified atom stereocenters. The predicted octanol–water partition coefficient (Wildman–Crippen LogP) is 1.92. The second-order valence-corrected chi connectivity index (χ2v) is 5.74. The van der Waals surface area contributed by atoms with Crippen molar-refractivity contribution >= 4 is 17.5 Å². The number of benzene rings is 1. The zero-order valence-electron chi connectivity index (χ0n) is 11.9. The number of carbonyl (C=O) groups is 1. The highest BCUT2D eigenvalue weighted by Gasteiger charge is 2.24. The number of hydrogen-bond acceptors (Lipinski definition) is 5. The van der Waals surface area contributed by atoms with E-state index in [1.807, 2.05) is 12.1 Å². The van der Waals surface area contributed by atoms with Crippen molar-refractivity contribution in [3.63, 3.8) is 0 Å². The van der Waals surface area contributed by atoms with E-state index in [-0.39, 0.29) is 5.91 Å². The fourth-order valence-corrected chi connectivity index (χ4v) is 2.54. The third kappa shape index (κ3) is 3.45. The van der Waals surface area contributed by atoms with Gasteiger partial charge in [0.1, 0.15) is 0 Å². The van der Waals surface area contributed by atoms with Gasteiger partial charge in [0.25, 0.3) is 0 Å². The molecule has 2 aromatic rings. The number of rotatable bonds is 4. The van der Waals surface area contributed by atoms with Crippen molar-refractivity contribution in [2.24, 2.45) is 0 Å². The fourth-order valence-electron chi connectivity index (χ4n) is 2.41. The maximum Gasteiger partial charge on any atom is 0.227 e. The highest BCUT2D eigenvalue weighted by molar-refractivity contribution is 6.30. The number of nitrogens with zero attached hydrogens (tertiary/aromatic N) is 3. The van der Waals surface area contributed by atoms with Crippen LogP contribution in [0, 0.1) is 0 Å². The average Bonchev–Trinajstić information content (AvgIpc) is 3.15. The molecule has 3 rings (SSSR count). The van der Waals surface area contributed by atoms with Crippen molar-refractivity contribution in [2.75, 3.05) is 13.1 Å². The van der Waals surface area contributed by atoms with E-state index >= 15 is 0 Å². The van der Waals surface area contributed by atoms with Crippen molar-refractivity contribution in [2.45, 2.75) is 25.4 Å². The Hall–Kier alpha value is -1.92. The molecule has 22 heavy (non-hydrogen) atoms. The summed E-state index contributed by atoms with van der Waals surface area (Å²) in [6.07, 6.45) is 0.942. The number of likely N-dealkylation sites (tertiary alicyclic amines) is 1. The van der Waals surface area contributed by atoms with Crippen molar-refractivity contribution in [1.82, 2.24) is 15.0 Å². The quantitative estimate of drug-likeness (QED) is 0.930. The van der Waals surface area contributed by atoms with E-state index in [4.69, 9.17) is 16.1 Å². The van der Waals surface area contributed by atoms with E-state index in [2.05, 4.69) is 10.1 Å². The van der Waals surface area contributed by atoms with Gasteiger partial charge < -0.3 is 14.5 Å². The lowest BCUT2D eigenvalue weighted by Crippen LogP contribution is -2.29. The van der Waals surface area contributed by atoms with Crippen LogP contribution < -0.4 is 0 Å². The Labute approximate surface area is 132 Å². The first kappa shape index (κ1) is 15.0. The SMILES string of the molecule is O=C(CCc1nc(-c2ccc(Cl)cc2)no1)N1CC[C@@H](O)C1. The Morgan fingerprint density at radius 2 is 2.18 bits per heavy atom. The van der Waals surface area contributed by atoms with Crippen LogP contribution in [0.3, 0.4) is 0 Å². The summed E-state index contributed by atoms with van der Waals surface area (Å²) in [7, 11) is 0. The number of aromatic nitrogens is 2. The minimum absolute atomic E-state index is 0.00259. The van der Waals surface area contributed by atoms with Gasteiger partial charge in [-0.05, 0) is 30.7 Å². The fraction of sp³-hybridized carbons (Fsp3) is 0.400. The van der Waals surface area contributed by atoms with Crippen molar-refractivity contribution in [3.05, 3.63) is 35.2 Å². The number of aryl methyl sites for hydroxylation is 1.